The topological polar surface area (TPSA) is 92.1 Å². The van der Waals surface area contributed by atoms with Gasteiger partial charge < -0.3 is 15.7 Å². The molecule has 10 heteroatoms. The second-order valence-electron chi connectivity index (χ2n) is 11.2. The molecule has 1 amide bonds. The molecular formula is C28H34F3N5O2. The Labute approximate surface area is 220 Å². The smallest absolute Gasteiger partial charge is 0.252 e. The van der Waals surface area contributed by atoms with Gasteiger partial charge in [0, 0.05) is 25.6 Å². The van der Waals surface area contributed by atoms with Crippen LogP contribution in [0.4, 0.5) is 13.2 Å². The molecule has 1 aromatic heterocycles. The predicted octanol–water partition coefficient (Wildman–Crippen LogP) is 3.83. The van der Waals surface area contributed by atoms with Gasteiger partial charge in [0.15, 0.2) is 11.4 Å². The number of hydrogen-bond donors (Lipinski definition) is 3. The van der Waals surface area contributed by atoms with E-state index in [1.165, 1.54) is 11.6 Å². The molecule has 2 heterocycles. The predicted molar refractivity (Wildman–Crippen MR) is 138 cm³/mol. The minimum absolute atomic E-state index is 0.0595. The van der Waals surface area contributed by atoms with Crippen LogP contribution in [0.1, 0.15) is 45.0 Å². The quantitative estimate of drug-likeness (QED) is 0.413. The molecule has 0 radical (unpaired) electrons. The molecule has 7 nitrogen and oxygen atoms in total. The fourth-order valence-corrected chi connectivity index (χ4v) is 5.14. The summed E-state index contributed by atoms with van der Waals surface area (Å²) in [5.74, 6) is -3.15. The van der Waals surface area contributed by atoms with Crippen molar-refractivity contribution in [3.63, 3.8) is 0 Å². The molecule has 1 aliphatic heterocycles. The van der Waals surface area contributed by atoms with Crippen LogP contribution in [-0.4, -0.2) is 57.2 Å². The van der Waals surface area contributed by atoms with Crippen LogP contribution in [0.2, 0.25) is 0 Å². The Balaban J connectivity index is 1.76. The third kappa shape index (κ3) is 5.91. The average Bonchev–Trinajstić information content (AvgIpc) is 3.44. The zero-order chi connectivity index (χ0) is 27.7. The van der Waals surface area contributed by atoms with Gasteiger partial charge in [-0.15, -0.1) is 0 Å². The number of halogens is 3. The van der Waals surface area contributed by atoms with Crippen LogP contribution < -0.4 is 10.6 Å². The highest BCUT2D eigenvalue weighted by molar-refractivity contribution is 5.85. The molecule has 0 spiro atoms. The molecular weight excluding hydrogens is 495 g/mol. The summed E-state index contributed by atoms with van der Waals surface area (Å²) in [5.41, 5.74) is -1.98. The normalized spacial score (nSPS) is 20.2. The molecule has 4 atom stereocenters. The molecule has 0 bridgehead atoms. The zero-order valence-electron chi connectivity index (χ0n) is 22.0. The van der Waals surface area contributed by atoms with Crippen LogP contribution in [0.5, 0.6) is 0 Å². The number of nitrogens with zero attached hydrogens (tertiary/aromatic N) is 3. The van der Waals surface area contributed by atoms with E-state index < -0.39 is 46.6 Å². The Morgan fingerprint density at radius 2 is 1.87 bits per heavy atom. The Morgan fingerprint density at radius 3 is 2.50 bits per heavy atom. The summed E-state index contributed by atoms with van der Waals surface area (Å²) in [4.78, 5) is 17.9. The van der Waals surface area contributed by atoms with Crippen molar-refractivity contribution in [3.05, 3.63) is 71.6 Å². The van der Waals surface area contributed by atoms with Gasteiger partial charge in [-0.05, 0) is 36.1 Å². The maximum atomic E-state index is 14.7. The number of rotatable bonds is 8. The third-order valence-corrected chi connectivity index (χ3v) is 6.97. The first kappa shape index (κ1) is 27.8. The molecule has 1 fully saturated rings. The molecule has 0 saturated carbocycles. The molecule has 3 aromatic rings. The van der Waals surface area contributed by atoms with Crippen LogP contribution in [-0.2, 0) is 11.3 Å². The molecule has 2 aromatic carbocycles. The van der Waals surface area contributed by atoms with Gasteiger partial charge in [-0.3, -0.25) is 4.79 Å². The first-order valence-corrected chi connectivity index (χ1v) is 12.7. The molecule has 204 valence electrons. The molecule has 3 N–H and O–H groups in total. The second kappa shape index (κ2) is 10.9. The standard InChI is InChI=1S/C28H34F3N5O2/c1-27(2,3)23(28(4,38)26(37)33-14-18-13-32-15-22(18)31)25-34-24(20-12-19(29)10-11-21(20)30)35-36(25)16-17-8-6-5-7-9-17/h5-12,18,22-23,32,38H,13-16H2,1-4H3,(H,33,37)/t18-,22+,23+,28?/m1/s1. The first-order valence-electron chi connectivity index (χ1n) is 12.7. The van der Waals surface area contributed by atoms with E-state index >= 15 is 0 Å². The van der Waals surface area contributed by atoms with Gasteiger partial charge in [-0.2, -0.15) is 5.10 Å². The van der Waals surface area contributed by atoms with Crippen molar-refractivity contribution in [3.8, 4) is 11.4 Å². The minimum atomic E-state index is -1.99. The third-order valence-electron chi connectivity index (χ3n) is 6.97. The maximum absolute atomic E-state index is 14.7. The molecule has 1 unspecified atom stereocenters. The molecule has 4 rings (SSSR count). The van der Waals surface area contributed by atoms with E-state index in [1.807, 2.05) is 51.1 Å². The monoisotopic (exact) mass is 529 g/mol. The highest BCUT2D eigenvalue weighted by atomic mass is 19.1. The summed E-state index contributed by atoms with van der Waals surface area (Å²) in [6, 6.07) is 12.4. The van der Waals surface area contributed by atoms with Crippen molar-refractivity contribution in [1.82, 2.24) is 25.4 Å². The second-order valence-corrected chi connectivity index (χ2v) is 11.2. The van der Waals surface area contributed by atoms with Crippen LogP contribution in [0.25, 0.3) is 11.4 Å². The number of alkyl halides is 1. The van der Waals surface area contributed by atoms with Crippen LogP contribution in [0.3, 0.4) is 0 Å². The van der Waals surface area contributed by atoms with E-state index in [-0.39, 0.29) is 36.8 Å². The molecule has 0 aliphatic carbocycles. The maximum Gasteiger partial charge on any atom is 0.252 e. The number of amides is 1. The summed E-state index contributed by atoms with van der Waals surface area (Å²) in [6.45, 7) is 7.88. The summed E-state index contributed by atoms with van der Waals surface area (Å²) < 4.78 is 44.3. The number of aromatic nitrogens is 3. The number of aliphatic hydroxyl groups is 1. The number of carbonyl (C=O) groups excluding carboxylic acids is 1. The summed E-state index contributed by atoms with van der Waals surface area (Å²) >= 11 is 0. The number of nitrogens with one attached hydrogen (secondary N) is 2. The van der Waals surface area contributed by atoms with Crippen molar-refractivity contribution in [1.29, 1.82) is 0 Å². The number of benzene rings is 2. The van der Waals surface area contributed by atoms with Crippen LogP contribution >= 0.6 is 0 Å². The largest absolute Gasteiger partial charge is 0.380 e. The van der Waals surface area contributed by atoms with E-state index in [2.05, 4.69) is 20.7 Å². The van der Waals surface area contributed by atoms with Crippen molar-refractivity contribution in [2.45, 2.75) is 51.9 Å². The van der Waals surface area contributed by atoms with Crippen molar-refractivity contribution in [2.75, 3.05) is 19.6 Å². The average molecular weight is 530 g/mol. The lowest BCUT2D eigenvalue weighted by molar-refractivity contribution is -0.144. The molecule has 1 saturated heterocycles. The van der Waals surface area contributed by atoms with Gasteiger partial charge >= 0.3 is 0 Å². The van der Waals surface area contributed by atoms with Gasteiger partial charge in [-0.1, -0.05) is 51.1 Å². The lowest BCUT2D eigenvalue weighted by atomic mass is 9.70. The van der Waals surface area contributed by atoms with Crippen molar-refractivity contribution >= 4 is 5.91 Å². The van der Waals surface area contributed by atoms with Gasteiger partial charge in [0.05, 0.1) is 18.0 Å². The van der Waals surface area contributed by atoms with E-state index in [0.717, 1.165) is 23.8 Å². The molecule has 38 heavy (non-hydrogen) atoms. The Morgan fingerprint density at radius 1 is 1.16 bits per heavy atom. The van der Waals surface area contributed by atoms with Gasteiger partial charge in [0.25, 0.3) is 5.91 Å². The summed E-state index contributed by atoms with van der Waals surface area (Å²) in [5, 5.41) is 21.9. The fourth-order valence-electron chi connectivity index (χ4n) is 5.14. The van der Waals surface area contributed by atoms with Gasteiger partial charge in [-0.25, -0.2) is 22.8 Å². The van der Waals surface area contributed by atoms with Gasteiger partial charge in [0.1, 0.15) is 23.6 Å². The van der Waals surface area contributed by atoms with Crippen LogP contribution in [0, 0.1) is 23.0 Å². The first-order chi connectivity index (χ1) is 17.9. The highest BCUT2D eigenvalue weighted by Crippen LogP contribution is 2.43. The highest BCUT2D eigenvalue weighted by Gasteiger charge is 2.49. The van der Waals surface area contributed by atoms with Crippen LogP contribution in [0.15, 0.2) is 48.5 Å². The number of hydrogen-bond acceptors (Lipinski definition) is 5. The van der Waals surface area contributed by atoms with E-state index in [0.29, 0.717) is 6.54 Å². The molecule has 1 aliphatic rings. The van der Waals surface area contributed by atoms with E-state index in [4.69, 9.17) is 0 Å². The SMILES string of the molecule is CC(C)(C)[C@H](c1nc(-c2cc(F)ccc2F)nn1Cc1ccccc1)C(C)(O)C(=O)NC[C@H]1CNC[C@@H]1F. The minimum Gasteiger partial charge on any atom is -0.380 e. The fraction of sp³-hybridized carbons (Fsp3) is 0.464. The Bertz CT molecular complexity index is 1270. The lowest BCUT2D eigenvalue weighted by Gasteiger charge is -2.39. The Kier molecular flexibility index (Phi) is 7.94. The van der Waals surface area contributed by atoms with E-state index in [1.54, 1.807) is 0 Å². The summed E-state index contributed by atoms with van der Waals surface area (Å²) in [6.07, 6.45) is -1.09. The van der Waals surface area contributed by atoms with Crippen molar-refractivity contribution < 1.29 is 23.1 Å². The van der Waals surface area contributed by atoms with Crippen molar-refractivity contribution in [2.24, 2.45) is 11.3 Å². The number of carbonyl (C=O) groups is 1. The summed E-state index contributed by atoms with van der Waals surface area (Å²) in [7, 11) is 0. The zero-order valence-corrected chi connectivity index (χ0v) is 22.0. The van der Waals surface area contributed by atoms with Gasteiger partial charge in [0.2, 0.25) is 0 Å². The van der Waals surface area contributed by atoms with E-state index in [9.17, 15) is 23.1 Å². The lowest BCUT2D eigenvalue weighted by Crippen LogP contribution is -2.54. The Hall–Kier alpha value is -3.24.